The third kappa shape index (κ3) is 5.33. The summed E-state index contributed by atoms with van der Waals surface area (Å²) in [6.07, 6.45) is 1.98. The van der Waals surface area contributed by atoms with Crippen LogP contribution in [0.15, 0.2) is 53.6 Å². The van der Waals surface area contributed by atoms with Crippen molar-refractivity contribution >= 4 is 17.8 Å². The van der Waals surface area contributed by atoms with Gasteiger partial charge in [-0.15, -0.1) is 0 Å². The average molecular weight is 371 g/mol. The third-order valence-electron chi connectivity index (χ3n) is 4.96. The van der Waals surface area contributed by atoms with E-state index in [1.807, 2.05) is 18.3 Å². The van der Waals surface area contributed by atoms with Crippen LogP contribution in [0.2, 0.25) is 5.02 Å². The van der Waals surface area contributed by atoms with Crippen LogP contribution in [0.25, 0.3) is 0 Å². The second kappa shape index (κ2) is 8.24. The molecule has 2 aromatic rings. The number of rotatable bonds is 4. The molecule has 1 heterocycles. The van der Waals surface area contributed by atoms with E-state index in [9.17, 15) is 0 Å². The van der Waals surface area contributed by atoms with Crippen molar-refractivity contribution in [2.24, 2.45) is 5.10 Å². The van der Waals surface area contributed by atoms with Crippen LogP contribution in [-0.4, -0.2) is 37.4 Å². The molecule has 0 bridgehead atoms. The van der Waals surface area contributed by atoms with E-state index in [0.717, 1.165) is 43.3 Å². The van der Waals surface area contributed by atoms with Gasteiger partial charge < -0.3 is 4.90 Å². The van der Waals surface area contributed by atoms with E-state index in [1.54, 1.807) is 4.90 Å². The second-order valence-corrected chi connectivity index (χ2v) is 8.56. The van der Waals surface area contributed by atoms with Crippen molar-refractivity contribution < 1.29 is 4.90 Å². The molecule has 0 atom stereocenters. The fraction of sp³-hybridized carbons (Fsp3) is 0.409. The summed E-state index contributed by atoms with van der Waals surface area (Å²) in [5.74, 6) is 0. The van der Waals surface area contributed by atoms with Crippen LogP contribution in [0.1, 0.15) is 37.5 Å². The van der Waals surface area contributed by atoms with Gasteiger partial charge in [0.05, 0.1) is 32.4 Å². The normalized spacial score (nSPS) is 16.4. The van der Waals surface area contributed by atoms with Crippen LogP contribution in [0.3, 0.4) is 0 Å². The molecule has 1 aliphatic heterocycles. The number of piperazine rings is 1. The molecule has 1 aliphatic rings. The van der Waals surface area contributed by atoms with E-state index in [4.69, 9.17) is 11.6 Å². The molecule has 1 N–H and O–H groups in total. The summed E-state index contributed by atoms with van der Waals surface area (Å²) < 4.78 is 0. The maximum Gasteiger partial charge on any atom is 0.103 e. The van der Waals surface area contributed by atoms with Crippen molar-refractivity contribution in [1.82, 2.24) is 5.01 Å². The van der Waals surface area contributed by atoms with Crippen LogP contribution in [-0.2, 0) is 12.0 Å². The van der Waals surface area contributed by atoms with Gasteiger partial charge in [-0.2, -0.15) is 5.10 Å². The van der Waals surface area contributed by atoms with Crippen molar-refractivity contribution in [2.75, 3.05) is 26.2 Å². The van der Waals surface area contributed by atoms with E-state index < -0.39 is 0 Å². The van der Waals surface area contributed by atoms with E-state index in [1.165, 1.54) is 11.1 Å². The first kappa shape index (κ1) is 18.9. The van der Waals surface area contributed by atoms with E-state index in [-0.39, 0.29) is 5.41 Å². The average Bonchev–Trinajstić information content (AvgIpc) is 2.63. The molecule has 138 valence electrons. The van der Waals surface area contributed by atoms with Crippen LogP contribution >= 0.6 is 11.6 Å². The molecule has 0 saturated carbocycles. The van der Waals surface area contributed by atoms with E-state index in [0.29, 0.717) is 0 Å². The van der Waals surface area contributed by atoms with Gasteiger partial charge in [0.15, 0.2) is 0 Å². The second-order valence-electron chi connectivity index (χ2n) is 8.12. The predicted octanol–water partition coefficient (Wildman–Crippen LogP) is 3.37. The predicted molar refractivity (Wildman–Crippen MR) is 110 cm³/mol. The van der Waals surface area contributed by atoms with Gasteiger partial charge in [-0.05, 0) is 28.7 Å². The fourth-order valence-corrected chi connectivity index (χ4v) is 3.34. The Balaban J connectivity index is 1.49. The summed E-state index contributed by atoms with van der Waals surface area (Å²) in [6, 6.07) is 16.9. The smallest absolute Gasteiger partial charge is 0.103 e. The van der Waals surface area contributed by atoms with Gasteiger partial charge in [0, 0.05) is 10.6 Å². The first-order valence-corrected chi connectivity index (χ1v) is 9.75. The number of nitrogens with one attached hydrogen (secondary N) is 1. The van der Waals surface area contributed by atoms with Gasteiger partial charge in [-0.3, -0.25) is 5.01 Å². The molecule has 1 saturated heterocycles. The molecule has 4 heteroatoms. The molecule has 0 spiro atoms. The summed E-state index contributed by atoms with van der Waals surface area (Å²) >= 11 is 5.96. The van der Waals surface area contributed by atoms with Crippen LogP contribution in [0.5, 0.6) is 0 Å². The van der Waals surface area contributed by atoms with Crippen molar-refractivity contribution in [3.05, 3.63) is 70.2 Å². The summed E-state index contributed by atoms with van der Waals surface area (Å²) in [7, 11) is 0. The standard InChI is InChI=1S/C22H28ClN3/c1-22(2,3)20-8-4-18(5-9-20)16-24-26-14-12-25(13-15-26)17-19-6-10-21(23)11-7-19/h4-11,16H,12-15,17H2,1-3H3/p+1/b24-16-. The fourth-order valence-electron chi connectivity index (χ4n) is 3.21. The molecule has 26 heavy (non-hydrogen) atoms. The van der Waals surface area contributed by atoms with Crippen molar-refractivity contribution in [1.29, 1.82) is 0 Å². The highest BCUT2D eigenvalue weighted by Crippen LogP contribution is 2.21. The topological polar surface area (TPSA) is 20.0 Å². The van der Waals surface area contributed by atoms with Gasteiger partial charge >= 0.3 is 0 Å². The monoisotopic (exact) mass is 370 g/mol. The summed E-state index contributed by atoms with van der Waals surface area (Å²) in [5, 5.41) is 7.66. The van der Waals surface area contributed by atoms with Gasteiger partial charge in [-0.25, -0.2) is 0 Å². The molecule has 3 rings (SSSR count). The summed E-state index contributed by atoms with van der Waals surface area (Å²) in [6.45, 7) is 12.0. The molecule has 1 fully saturated rings. The number of halogens is 1. The molecule has 0 aromatic heterocycles. The van der Waals surface area contributed by atoms with Crippen LogP contribution in [0, 0.1) is 0 Å². The first-order valence-electron chi connectivity index (χ1n) is 9.38. The van der Waals surface area contributed by atoms with Gasteiger partial charge in [0.1, 0.15) is 6.54 Å². The molecule has 0 amide bonds. The maximum absolute atomic E-state index is 5.96. The molecule has 3 nitrogen and oxygen atoms in total. The minimum atomic E-state index is 0.193. The number of nitrogens with zero attached hydrogens (tertiary/aromatic N) is 2. The zero-order valence-corrected chi connectivity index (χ0v) is 16.8. The Morgan fingerprint density at radius 3 is 2.19 bits per heavy atom. The van der Waals surface area contributed by atoms with Crippen LogP contribution in [0.4, 0.5) is 0 Å². The minimum absolute atomic E-state index is 0.193. The van der Waals surface area contributed by atoms with E-state index in [2.05, 4.69) is 67.3 Å². The Labute approximate surface area is 162 Å². The maximum atomic E-state index is 5.96. The third-order valence-corrected chi connectivity index (χ3v) is 5.21. The molecule has 2 aromatic carbocycles. The Bertz CT molecular complexity index is 721. The number of benzene rings is 2. The number of hydrogen-bond acceptors (Lipinski definition) is 2. The van der Waals surface area contributed by atoms with Crippen molar-refractivity contribution in [2.45, 2.75) is 32.7 Å². The Hall–Kier alpha value is -1.84. The highest BCUT2D eigenvalue weighted by atomic mass is 35.5. The van der Waals surface area contributed by atoms with Gasteiger partial charge in [0.2, 0.25) is 0 Å². The lowest BCUT2D eigenvalue weighted by Crippen LogP contribution is -3.13. The zero-order chi connectivity index (χ0) is 18.6. The minimum Gasteiger partial charge on any atom is -0.328 e. The number of hydrazone groups is 1. The summed E-state index contributed by atoms with van der Waals surface area (Å²) in [5.41, 5.74) is 4.06. The van der Waals surface area contributed by atoms with E-state index >= 15 is 0 Å². The van der Waals surface area contributed by atoms with Crippen molar-refractivity contribution in [3.8, 4) is 0 Å². The lowest BCUT2D eigenvalue weighted by molar-refractivity contribution is -0.918. The molecule has 0 aliphatic carbocycles. The number of hydrogen-bond donors (Lipinski definition) is 1. The highest BCUT2D eigenvalue weighted by Gasteiger charge is 2.18. The first-order chi connectivity index (χ1) is 12.4. The molecule has 0 unspecified atom stereocenters. The molecular weight excluding hydrogens is 342 g/mol. The molecular formula is C22H29ClN3+. The Kier molecular flexibility index (Phi) is 6.00. The zero-order valence-electron chi connectivity index (χ0n) is 16.0. The molecule has 0 radical (unpaired) electrons. The van der Waals surface area contributed by atoms with Crippen molar-refractivity contribution in [3.63, 3.8) is 0 Å². The van der Waals surface area contributed by atoms with Gasteiger partial charge in [-0.1, -0.05) is 68.8 Å². The Morgan fingerprint density at radius 2 is 1.62 bits per heavy atom. The lowest BCUT2D eigenvalue weighted by atomic mass is 9.87. The lowest BCUT2D eigenvalue weighted by Gasteiger charge is -2.30. The largest absolute Gasteiger partial charge is 0.328 e. The Morgan fingerprint density at radius 1 is 1.00 bits per heavy atom. The SMILES string of the molecule is CC(C)(C)c1ccc(/C=N\N2CC[NH+](Cc3ccc(Cl)cc3)CC2)cc1. The van der Waals surface area contributed by atoms with Gasteiger partial charge in [0.25, 0.3) is 0 Å². The quantitative estimate of drug-likeness (QED) is 0.818. The highest BCUT2D eigenvalue weighted by molar-refractivity contribution is 6.30. The number of quaternary nitrogens is 1. The van der Waals surface area contributed by atoms with Crippen LogP contribution < -0.4 is 4.90 Å². The summed E-state index contributed by atoms with van der Waals surface area (Å²) in [4.78, 5) is 1.60.